The number of hydrogen-bond acceptors (Lipinski definition) is 4. The molecule has 0 aliphatic carbocycles. The fourth-order valence-electron chi connectivity index (χ4n) is 2.07. The Balaban J connectivity index is 1.94. The van der Waals surface area contributed by atoms with Crippen LogP contribution in [0.2, 0.25) is 0 Å². The molecule has 1 saturated heterocycles. The van der Waals surface area contributed by atoms with Gasteiger partial charge in [0.15, 0.2) is 11.5 Å². The van der Waals surface area contributed by atoms with E-state index in [2.05, 4.69) is 27.8 Å². The first kappa shape index (κ1) is 13.7. The number of hydrogen-bond donors (Lipinski definition) is 1. The SMILES string of the molecule is C=CCN1C(=O)NC(=Cc2cc3c(cc2Br)OCO3)C1=O. The van der Waals surface area contributed by atoms with Gasteiger partial charge >= 0.3 is 6.03 Å². The van der Waals surface area contributed by atoms with E-state index in [1.54, 1.807) is 18.2 Å². The number of imide groups is 1. The maximum absolute atomic E-state index is 12.1. The highest BCUT2D eigenvalue weighted by Gasteiger charge is 2.32. The Labute approximate surface area is 129 Å². The highest BCUT2D eigenvalue weighted by molar-refractivity contribution is 9.10. The molecule has 1 aromatic carbocycles. The number of urea groups is 1. The minimum Gasteiger partial charge on any atom is -0.454 e. The first-order chi connectivity index (χ1) is 10.1. The minimum absolute atomic E-state index is 0.171. The van der Waals surface area contributed by atoms with Crippen molar-refractivity contribution in [3.63, 3.8) is 0 Å². The van der Waals surface area contributed by atoms with Gasteiger partial charge in [0, 0.05) is 11.0 Å². The molecule has 108 valence electrons. The molecule has 0 radical (unpaired) electrons. The molecule has 1 aromatic rings. The molecular weight excluding hydrogens is 340 g/mol. The van der Waals surface area contributed by atoms with Gasteiger partial charge < -0.3 is 14.8 Å². The van der Waals surface area contributed by atoms with Crippen LogP contribution in [0, 0.1) is 0 Å². The third-order valence-electron chi connectivity index (χ3n) is 3.07. The van der Waals surface area contributed by atoms with Crippen molar-refractivity contribution in [2.75, 3.05) is 13.3 Å². The highest BCUT2D eigenvalue weighted by Crippen LogP contribution is 2.37. The van der Waals surface area contributed by atoms with E-state index in [-0.39, 0.29) is 24.9 Å². The first-order valence-corrected chi connectivity index (χ1v) is 6.94. The number of carbonyl (C=O) groups excluding carboxylic acids is 2. The number of halogens is 1. The van der Waals surface area contributed by atoms with Gasteiger partial charge in [0.1, 0.15) is 5.70 Å². The van der Waals surface area contributed by atoms with Crippen molar-refractivity contribution in [1.29, 1.82) is 0 Å². The van der Waals surface area contributed by atoms with E-state index < -0.39 is 6.03 Å². The van der Waals surface area contributed by atoms with E-state index in [1.165, 1.54) is 6.08 Å². The van der Waals surface area contributed by atoms with E-state index in [9.17, 15) is 9.59 Å². The normalized spacial score (nSPS) is 18.3. The van der Waals surface area contributed by atoms with Gasteiger partial charge in [-0.1, -0.05) is 22.0 Å². The number of carbonyl (C=O) groups is 2. The highest BCUT2D eigenvalue weighted by atomic mass is 79.9. The quantitative estimate of drug-likeness (QED) is 0.515. The molecular formula is C14H11BrN2O4. The first-order valence-electron chi connectivity index (χ1n) is 6.14. The summed E-state index contributed by atoms with van der Waals surface area (Å²) in [6.07, 6.45) is 3.09. The lowest BCUT2D eigenvalue weighted by Gasteiger charge is -2.07. The Bertz CT molecular complexity index is 684. The summed E-state index contributed by atoms with van der Waals surface area (Å²) in [5.41, 5.74) is 0.921. The summed E-state index contributed by atoms with van der Waals surface area (Å²) in [7, 11) is 0. The predicted molar refractivity (Wildman–Crippen MR) is 78.7 cm³/mol. The van der Waals surface area contributed by atoms with Crippen molar-refractivity contribution in [3.05, 3.63) is 40.5 Å². The van der Waals surface area contributed by atoms with Gasteiger partial charge in [-0.3, -0.25) is 9.69 Å². The number of fused-ring (bicyclic) bond motifs is 1. The molecule has 0 saturated carbocycles. The van der Waals surface area contributed by atoms with Crippen LogP contribution in [-0.4, -0.2) is 30.2 Å². The second kappa shape index (κ2) is 5.25. The number of rotatable bonds is 3. The zero-order valence-corrected chi connectivity index (χ0v) is 12.5. The van der Waals surface area contributed by atoms with Crippen molar-refractivity contribution in [2.24, 2.45) is 0 Å². The molecule has 3 rings (SSSR count). The summed E-state index contributed by atoms with van der Waals surface area (Å²) in [6, 6.07) is 3.05. The fraction of sp³-hybridized carbons (Fsp3) is 0.143. The van der Waals surface area contributed by atoms with E-state index in [0.717, 1.165) is 9.37 Å². The summed E-state index contributed by atoms with van der Waals surface area (Å²) < 4.78 is 11.3. The topological polar surface area (TPSA) is 67.9 Å². The van der Waals surface area contributed by atoms with Crippen molar-refractivity contribution in [1.82, 2.24) is 10.2 Å². The number of benzene rings is 1. The molecule has 0 spiro atoms. The lowest BCUT2D eigenvalue weighted by molar-refractivity contribution is -0.122. The van der Waals surface area contributed by atoms with Crippen LogP contribution < -0.4 is 14.8 Å². The van der Waals surface area contributed by atoms with Gasteiger partial charge in [0.25, 0.3) is 5.91 Å². The number of nitrogens with zero attached hydrogens (tertiary/aromatic N) is 1. The Kier molecular flexibility index (Phi) is 3.42. The van der Waals surface area contributed by atoms with Crippen LogP contribution in [0.5, 0.6) is 11.5 Å². The van der Waals surface area contributed by atoms with Crippen LogP contribution >= 0.6 is 15.9 Å². The smallest absolute Gasteiger partial charge is 0.329 e. The molecule has 6 nitrogen and oxygen atoms in total. The Morgan fingerprint density at radius 1 is 1.33 bits per heavy atom. The third-order valence-corrected chi connectivity index (χ3v) is 3.75. The minimum atomic E-state index is -0.456. The van der Waals surface area contributed by atoms with Crippen molar-refractivity contribution in [2.45, 2.75) is 0 Å². The monoisotopic (exact) mass is 350 g/mol. The average Bonchev–Trinajstić information content (AvgIpc) is 2.99. The van der Waals surface area contributed by atoms with Crippen LogP contribution in [0.1, 0.15) is 5.56 Å². The van der Waals surface area contributed by atoms with E-state index in [1.807, 2.05) is 0 Å². The van der Waals surface area contributed by atoms with Crippen LogP contribution in [0.15, 0.2) is 35.0 Å². The van der Waals surface area contributed by atoms with Crippen molar-refractivity contribution in [3.8, 4) is 11.5 Å². The summed E-state index contributed by atoms with van der Waals surface area (Å²) in [4.78, 5) is 24.9. The summed E-state index contributed by atoms with van der Waals surface area (Å²) in [5.74, 6) is 0.855. The fourth-order valence-corrected chi connectivity index (χ4v) is 2.50. The van der Waals surface area contributed by atoms with E-state index >= 15 is 0 Å². The summed E-state index contributed by atoms with van der Waals surface area (Å²) in [5, 5.41) is 2.54. The lowest BCUT2D eigenvalue weighted by Crippen LogP contribution is -2.30. The molecule has 0 atom stereocenters. The van der Waals surface area contributed by atoms with Crippen molar-refractivity contribution >= 4 is 33.9 Å². The molecule has 2 heterocycles. The molecule has 2 aliphatic rings. The van der Waals surface area contributed by atoms with Crippen LogP contribution in [-0.2, 0) is 4.79 Å². The van der Waals surface area contributed by atoms with Gasteiger partial charge in [-0.25, -0.2) is 4.79 Å². The van der Waals surface area contributed by atoms with Crippen LogP contribution in [0.25, 0.3) is 6.08 Å². The largest absolute Gasteiger partial charge is 0.454 e. The molecule has 2 aliphatic heterocycles. The number of nitrogens with one attached hydrogen (secondary N) is 1. The zero-order chi connectivity index (χ0) is 15.0. The molecule has 1 N–H and O–H groups in total. The van der Waals surface area contributed by atoms with Crippen LogP contribution in [0.4, 0.5) is 4.79 Å². The molecule has 21 heavy (non-hydrogen) atoms. The number of amides is 3. The van der Waals surface area contributed by atoms with Gasteiger partial charge in [0.05, 0.1) is 0 Å². The third kappa shape index (κ3) is 2.40. The Morgan fingerprint density at radius 3 is 2.76 bits per heavy atom. The maximum atomic E-state index is 12.1. The lowest BCUT2D eigenvalue weighted by atomic mass is 10.1. The van der Waals surface area contributed by atoms with Gasteiger partial charge in [-0.05, 0) is 23.8 Å². The second-order valence-corrected chi connectivity index (χ2v) is 5.27. The molecule has 3 amide bonds. The second-order valence-electron chi connectivity index (χ2n) is 4.42. The average molecular weight is 351 g/mol. The van der Waals surface area contributed by atoms with Crippen LogP contribution in [0.3, 0.4) is 0 Å². The molecule has 0 aromatic heterocycles. The zero-order valence-electron chi connectivity index (χ0n) is 10.9. The Morgan fingerprint density at radius 2 is 2.05 bits per heavy atom. The maximum Gasteiger partial charge on any atom is 0.329 e. The molecule has 1 fully saturated rings. The van der Waals surface area contributed by atoms with E-state index in [0.29, 0.717) is 17.1 Å². The Hall–Kier alpha value is -2.28. The molecule has 7 heteroatoms. The molecule has 0 bridgehead atoms. The van der Waals surface area contributed by atoms with Crippen molar-refractivity contribution < 1.29 is 19.1 Å². The standard InChI is InChI=1S/C14H11BrN2O4/c1-2-3-17-13(18)10(16-14(17)19)4-8-5-11-12(6-9(8)15)21-7-20-11/h2,4-6H,1,3,7H2,(H,16,19). The summed E-state index contributed by atoms with van der Waals surface area (Å²) >= 11 is 3.40. The molecule has 0 unspecified atom stereocenters. The van der Waals surface area contributed by atoms with Gasteiger partial charge in [-0.15, -0.1) is 6.58 Å². The van der Waals surface area contributed by atoms with Gasteiger partial charge in [0.2, 0.25) is 6.79 Å². The predicted octanol–water partition coefficient (Wildman–Crippen LogP) is 2.26. The van der Waals surface area contributed by atoms with Gasteiger partial charge in [-0.2, -0.15) is 0 Å². The summed E-state index contributed by atoms with van der Waals surface area (Å²) in [6.45, 7) is 3.87. The van der Waals surface area contributed by atoms with E-state index in [4.69, 9.17) is 9.47 Å². The number of ether oxygens (including phenoxy) is 2.